The van der Waals surface area contributed by atoms with Gasteiger partial charge in [0.1, 0.15) is 0 Å². The van der Waals surface area contributed by atoms with Crippen LogP contribution in [0.5, 0.6) is 11.5 Å². The topological polar surface area (TPSA) is 52.6 Å². The molecule has 0 radical (unpaired) electrons. The van der Waals surface area contributed by atoms with Crippen LogP contribution in [0.2, 0.25) is 5.02 Å². The molecule has 0 aliphatic heterocycles. The number of esters is 2. The third kappa shape index (κ3) is 3.34. The molecule has 0 atom stereocenters. The lowest BCUT2D eigenvalue weighted by atomic mass is 10.3. The van der Waals surface area contributed by atoms with Gasteiger partial charge < -0.3 is 9.47 Å². The summed E-state index contributed by atoms with van der Waals surface area (Å²) in [5.41, 5.74) is 0. The Labute approximate surface area is 111 Å². The van der Waals surface area contributed by atoms with E-state index in [1.165, 1.54) is 13.8 Å². The minimum absolute atomic E-state index is 0.0660. The molecule has 16 heavy (non-hydrogen) atoms. The second kappa shape index (κ2) is 5.49. The monoisotopic (exact) mass is 354 g/mol. The van der Waals surface area contributed by atoms with E-state index in [0.717, 1.165) is 0 Å². The van der Waals surface area contributed by atoms with Crippen LogP contribution >= 0.6 is 34.2 Å². The molecular formula is C10H8ClIO4. The van der Waals surface area contributed by atoms with Crippen LogP contribution < -0.4 is 9.47 Å². The smallest absolute Gasteiger partial charge is 0.308 e. The van der Waals surface area contributed by atoms with Gasteiger partial charge in [0.25, 0.3) is 0 Å². The lowest BCUT2D eigenvalue weighted by Crippen LogP contribution is -2.08. The molecule has 1 aromatic rings. The van der Waals surface area contributed by atoms with Crippen LogP contribution in [0.15, 0.2) is 12.1 Å². The third-order valence-electron chi connectivity index (χ3n) is 1.51. The number of ether oxygens (including phenoxy) is 2. The summed E-state index contributed by atoms with van der Waals surface area (Å²) in [5, 5.41) is 0.215. The fourth-order valence-electron chi connectivity index (χ4n) is 0.992. The number of benzene rings is 1. The highest BCUT2D eigenvalue weighted by Gasteiger charge is 2.17. The van der Waals surface area contributed by atoms with E-state index in [1.54, 1.807) is 12.1 Å². The Morgan fingerprint density at radius 3 is 2.12 bits per heavy atom. The maximum Gasteiger partial charge on any atom is 0.308 e. The van der Waals surface area contributed by atoms with Gasteiger partial charge in [0.05, 0.1) is 8.59 Å². The summed E-state index contributed by atoms with van der Waals surface area (Å²) < 4.78 is 10.5. The molecule has 0 spiro atoms. The van der Waals surface area contributed by atoms with Crippen LogP contribution in [0, 0.1) is 3.57 Å². The standard InChI is InChI=1S/C10H8ClIO4/c1-5(13)15-9-7(11)3-4-8(12)10(9)16-6(2)14/h3-4H,1-2H3. The van der Waals surface area contributed by atoms with Crippen LogP contribution in [-0.2, 0) is 9.59 Å². The Kier molecular flexibility index (Phi) is 4.55. The maximum absolute atomic E-state index is 10.9. The molecule has 0 saturated carbocycles. The van der Waals surface area contributed by atoms with E-state index in [9.17, 15) is 9.59 Å². The summed E-state index contributed by atoms with van der Waals surface area (Å²) in [6, 6.07) is 3.22. The number of carbonyl (C=O) groups excluding carboxylic acids is 2. The van der Waals surface area contributed by atoms with Gasteiger partial charge in [-0.3, -0.25) is 9.59 Å². The first-order valence-corrected chi connectivity index (χ1v) is 5.72. The highest BCUT2D eigenvalue weighted by molar-refractivity contribution is 14.1. The zero-order valence-corrected chi connectivity index (χ0v) is 11.5. The molecule has 4 nitrogen and oxygen atoms in total. The van der Waals surface area contributed by atoms with Crippen molar-refractivity contribution >= 4 is 46.1 Å². The van der Waals surface area contributed by atoms with Crippen molar-refractivity contribution in [3.8, 4) is 11.5 Å². The lowest BCUT2D eigenvalue weighted by Gasteiger charge is -2.11. The van der Waals surface area contributed by atoms with Crippen LogP contribution in [0.4, 0.5) is 0 Å². The van der Waals surface area contributed by atoms with Gasteiger partial charge in [0.15, 0.2) is 11.5 Å². The molecule has 1 rings (SSSR count). The molecule has 0 bridgehead atoms. The van der Waals surface area contributed by atoms with Crippen molar-refractivity contribution in [2.45, 2.75) is 13.8 Å². The van der Waals surface area contributed by atoms with Gasteiger partial charge in [-0.05, 0) is 34.7 Å². The predicted molar refractivity (Wildman–Crippen MR) is 66.8 cm³/mol. The average molecular weight is 355 g/mol. The second-order valence-corrected chi connectivity index (χ2v) is 4.44. The Morgan fingerprint density at radius 2 is 1.62 bits per heavy atom. The van der Waals surface area contributed by atoms with E-state index in [0.29, 0.717) is 3.57 Å². The SMILES string of the molecule is CC(=O)Oc1c(Cl)ccc(I)c1OC(C)=O. The molecule has 0 unspecified atom stereocenters. The molecule has 0 aromatic heterocycles. The van der Waals surface area contributed by atoms with Crippen molar-refractivity contribution in [1.29, 1.82) is 0 Å². The summed E-state index contributed by atoms with van der Waals surface area (Å²) in [5.74, 6) is -0.807. The zero-order chi connectivity index (χ0) is 12.3. The van der Waals surface area contributed by atoms with E-state index in [-0.39, 0.29) is 16.5 Å². The summed E-state index contributed by atoms with van der Waals surface area (Å²) in [4.78, 5) is 21.8. The maximum atomic E-state index is 10.9. The molecule has 0 aliphatic carbocycles. The first kappa shape index (κ1) is 13.2. The van der Waals surface area contributed by atoms with Gasteiger partial charge in [-0.1, -0.05) is 11.6 Å². The molecule has 0 N–H and O–H groups in total. The van der Waals surface area contributed by atoms with Gasteiger partial charge in [0, 0.05) is 13.8 Å². The van der Waals surface area contributed by atoms with Gasteiger partial charge in [-0.25, -0.2) is 0 Å². The van der Waals surface area contributed by atoms with Crippen LogP contribution in [-0.4, -0.2) is 11.9 Å². The van der Waals surface area contributed by atoms with Crippen LogP contribution in [0.3, 0.4) is 0 Å². The van der Waals surface area contributed by atoms with Crippen LogP contribution in [0.1, 0.15) is 13.8 Å². The van der Waals surface area contributed by atoms with E-state index in [4.69, 9.17) is 21.1 Å². The first-order chi connectivity index (χ1) is 7.41. The molecule has 6 heteroatoms. The predicted octanol–water partition coefficient (Wildman–Crippen LogP) is 2.80. The molecule has 0 fully saturated rings. The highest BCUT2D eigenvalue weighted by atomic mass is 127. The largest absolute Gasteiger partial charge is 0.422 e. The van der Waals surface area contributed by atoms with Crippen molar-refractivity contribution in [2.24, 2.45) is 0 Å². The minimum atomic E-state index is -0.530. The van der Waals surface area contributed by atoms with Gasteiger partial charge in [0.2, 0.25) is 0 Å². The molecule has 86 valence electrons. The molecule has 0 saturated heterocycles. The Bertz CT molecular complexity index is 404. The minimum Gasteiger partial charge on any atom is -0.422 e. The number of hydrogen-bond donors (Lipinski definition) is 0. The fourth-order valence-corrected chi connectivity index (χ4v) is 1.71. The lowest BCUT2D eigenvalue weighted by molar-refractivity contribution is -0.134. The normalized spacial score (nSPS) is 9.75. The van der Waals surface area contributed by atoms with Gasteiger partial charge in [-0.2, -0.15) is 0 Å². The van der Waals surface area contributed by atoms with Crippen molar-refractivity contribution in [3.63, 3.8) is 0 Å². The Morgan fingerprint density at radius 1 is 1.12 bits per heavy atom. The second-order valence-electron chi connectivity index (χ2n) is 2.87. The number of carbonyl (C=O) groups is 2. The quantitative estimate of drug-likeness (QED) is 0.466. The number of halogens is 2. The Balaban J connectivity index is 3.24. The van der Waals surface area contributed by atoms with E-state index in [1.807, 2.05) is 22.6 Å². The Hall–Kier alpha value is -0.820. The fraction of sp³-hybridized carbons (Fsp3) is 0.200. The molecule has 0 amide bonds. The molecule has 0 aliphatic rings. The zero-order valence-electron chi connectivity index (χ0n) is 8.54. The molecule has 0 heterocycles. The van der Waals surface area contributed by atoms with Crippen molar-refractivity contribution in [3.05, 3.63) is 20.7 Å². The van der Waals surface area contributed by atoms with Gasteiger partial charge >= 0.3 is 11.9 Å². The van der Waals surface area contributed by atoms with E-state index >= 15 is 0 Å². The number of rotatable bonds is 2. The summed E-state index contributed by atoms with van der Waals surface area (Å²) in [6.07, 6.45) is 0. The van der Waals surface area contributed by atoms with Crippen molar-refractivity contribution in [1.82, 2.24) is 0 Å². The van der Waals surface area contributed by atoms with Crippen molar-refractivity contribution in [2.75, 3.05) is 0 Å². The summed E-state index contributed by atoms with van der Waals surface area (Å²) in [7, 11) is 0. The summed E-state index contributed by atoms with van der Waals surface area (Å²) >= 11 is 7.81. The first-order valence-electron chi connectivity index (χ1n) is 4.26. The molecule has 1 aromatic carbocycles. The molecular weight excluding hydrogens is 346 g/mol. The van der Waals surface area contributed by atoms with E-state index < -0.39 is 11.9 Å². The van der Waals surface area contributed by atoms with Gasteiger partial charge in [-0.15, -0.1) is 0 Å². The van der Waals surface area contributed by atoms with E-state index in [2.05, 4.69) is 0 Å². The number of hydrogen-bond acceptors (Lipinski definition) is 4. The average Bonchev–Trinajstić information content (AvgIpc) is 2.16. The van der Waals surface area contributed by atoms with Crippen LogP contribution in [0.25, 0.3) is 0 Å². The summed E-state index contributed by atoms with van der Waals surface area (Å²) in [6.45, 7) is 2.50. The highest BCUT2D eigenvalue weighted by Crippen LogP contribution is 2.39. The third-order valence-corrected chi connectivity index (χ3v) is 2.65. The van der Waals surface area contributed by atoms with Crippen molar-refractivity contribution < 1.29 is 19.1 Å².